The van der Waals surface area contributed by atoms with E-state index in [2.05, 4.69) is 20.2 Å². The normalized spacial score (nSPS) is 10.5. The van der Waals surface area contributed by atoms with Crippen LogP contribution in [-0.2, 0) is 0 Å². The van der Waals surface area contributed by atoms with Crippen LogP contribution in [0.1, 0.15) is 0 Å². The summed E-state index contributed by atoms with van der Waals surface area (Å²) < 4.78 is 5.67. The van der Waals surface area contributed by atoms with E-state index in [4.69, 9.17) is 4.74 Å². The first kappa shape index (κ1) is 13.3. The number of hydrogen-bond acceptors (Lipinski definition) is 5. The molecule has 0 radical (unpaired) electrons. The molecule has 0 aliphatic carbocycles. The quantitative estimate of drug-likeness (QED) is 0.860. The molecule has 0 fully saturated rings. The Kier molecular flexibility index (Phi) is 4.69. The molecule has 2 aromatic rings. The Morgan fingerprint density at radius 3 is 2.68 bits per heavy atom. The third-order valence-electron chi connectivity index (χ3n) is 2.46. The SMILES string of the molecule is CN(C)CCOc1cccc(Nc2ncccn2)c1. The van der Waals surface area contributed by atoms with Gasteiger partial charge >= 0.3 is 0 Å². The number of aromatic nitrogens is 2. The molecule has 0 bridgehead atoms. The Balaban J connectivity index is 1.95. The fourth-order valence-corrected chi connectivity index (χ4v) is 1.50. The van der Waals surface area contributed by atoms with Crippen LogP contribution in [0.25, 0.3) is 0 Å². The highest BCUT2D eigenvalue weighted by Crippen LogP contribution is 2.19. The molecule has 19 heavy (non-hydrogen) atoms. The molecule has 0 saturated heterocycles. The van der Waals surface area contributed by atoms with Gasteiger partial charge in [0.25, 0.3) is 0 Å². The van der Waals surface area contributed by atoms with Gasteiger partial charge in [0, 0.05) is 30.7 Å². The number of nitrogens with one attached hydrogen (secondary N) is 1. The first-order valence-electron chi connectivity index (χ1n) is 6.16. The summed E-state index contributed by atoms with van der Waals surface area (Å²) in [5.74, 6) is 1.41. The summed E-state index contributed by atoms with van der Waals surface area (Å²) in [7, 11) is 4.04. The van der Waals surface area contributed by atoms with E-state index < -0.39 is 0 Å². The van der Waals surface area contributed by atoms with Gasteiger partial charge in [-0.05, 0) is 32.3 Å². The molecule has 1 N–H and O–H groups in total. The minimum atomic E-state index is 0.577. The average molecular weight is 258 g/mol. The van der Waals surface area contributed by atoms with E-state index in [1.165, 1.54) is 0 Å². The number of likely N-dealkylation sites (N-methyl/N-ethyl adjacent to an activating group) is 1. The second-order valence-corrected chi connectivity index (χ2v) is 4.38. The van der Waals surface area contributed by atoms with Crippen LogP contribution in [0.4, 0.5) is 11.6 Å². The van der Waals surface area contributed by atoms with Gasteiger partial charge in [0.2, 0.25) is 5.95 Å². The lowest BCUT2D eigenvalue weighted by Gasteiger charge is -2.12. The van der Waals surface area contributed by atoms with E-state index in [0.29, 0.717) is 12.6 Å². The van der Waals surface area contributed by atoms with Crippen LogP contribution in [-0.4, -0.2) is 42.1 Å². The summed E-state index contributed by atoms with van der Waals surface area (Å²) in [5.41, 5.74) is 0.911. The molecule has 5 heteroatoms. The first-order chi connectivity index (χ1) is 9.24. The number of ether oxygens (including phenoxy) is 1. The lowest BCUT2D eigenvalue weighted by molar-refractivity contribution is 0.261. The molecule has 0 aliphatic heterocycles. The van der Waals surface area contributed by atoms with Crippen LogP contribution in [0.15, 0.2) is 42.7 Å². The van der Waals surface area contributed by atoms with Gasteiger partial charge in [0.05, 0.1) is 0 Å². The van der Waals surface area contributed by atoms with E-state index in [0.717, 1.165) is 18.0 Å². The molecule has 0 spiro atoms. The van der Waals surface area contributed by atoms with Crippen molar-refractivity contribution in [3.63, 3.8) is 0 Å². The van der Waals surface area contributed by atoms with E-state index in [-0.39, 0.29) is 0 Å². The largest absolute Gasteiger partial charge is 0.492 e. The monoisotopic (exact) mass is 258 g/mol. The van der Waals surface area contributed by atoms with Gasteiger partial charge in [0.15, 0.2) is 0 Å². The number of hydrogen-bond donors (Lipinski definition) is 1. The molecular weight excluding hydrogens is 240 g/mol. The maximum Gasteiger partial charge on any atom is 0.227 e. The average Bonchev–Trinajstić information content (AvgIpc) is 2.40. The molecule has 0 amide bonds. The molecule has 0 aliphatic rings. The highest BCUT2D eigenvalue weighted by Gasteiger charge is 1.99. The summed E-state index contributed by atoms with van der Waals surface area (Å²) in [5, 5.41) is 3.13. The Bertz CT molecular complexity index is 502. The van der Waals surface area contributed by atoms with Crippen molar-refractivity contribution in [3.05, 3.63) is 42.7 Å². The zero-order valence-corrected chi connectivity index (χ0v) is 11.2. The topological polar surface area (TPSA) is 50.3 Å². The van der Waals surface area contributed by atoms with Gasteiger partial charge in [-0.15, -0.1) is 0 Å². The van der Waals surface area contributed by atoms with Crippen molar-refractivity contribution in [1.82, 2.24) is 14.9 Å². The van der Waals surface area contributed by atoms with Crippen molar-refractivity contribution in [1.29, 1.82) is 0 Å². The van der Waals surface area contributed by atoms with Crippen LogP contribution in [0.2, 0.25) is 0 Å². The van der Waals surface area contributed by atoms with Crippen molar-refractivity contribution in [2.24, 2.45) is 0 Å². The lowest BCUT2D eigenvalue weighted by Crippen LogP contribution is -2.19. The van der Waals surface area contributed by atoms with E-state index in [1.807, 2.05) is 38.4 Å². The van der Waals surface area contributed by atoms with Crippen LogP contribution in [0, 0.1) is 0 Å². The predicted octanol–water partition coefficient (Wildman–Crippen LogP) is 2.16. The van der Waals surface area contributed by atoms with Crippen LogP contribution >= 0.6 is 0 Å². The molecular formula is C14H18N4O. The minimum Gasteiger partial charge on any atom is -0.492 e. The summed E-state index contributed by atoms with van der Waals surface area (Å²) in [6.07, 6.45) is 3.40. The van der Waals surface area contributed by atoms with Crippen LogP contribution in [0.5, 0.6) is 5.75 Å². The lowest BCUT2D eigenvalue weighted by atomic mass is 10.3. The Hall–Kier alpha value is -2.14. The predicted molar refractivity (Wildman–Crippen MR) is 75.8 cm³/mol. The zero-order chi connectivity index (χ0) is 13.5. The van der Waals surface area contributed by atoms with Crippen molar-refractivity contribution in [2.75, 3.05) is 32.6 Å². The van der Waals surface area contributed by atoms with Gasteiger partial charge in [-0.2, -0.15) is 0 Å². The number of anilines is 2. The molecule has 0 unspecified atom stereocenters. The fraction of sp³-hybridized carbons (Fsp3) is 0.286. The molecule has 0 saturated carbocycles. The Morgan fingerprint density at radius 1 is 1.16 bits per heavy atom. The minimum absolute atomic E-state index is 0.577. The third kappa shape index (κ3) is 4.56. The summed E-state index contributed by atoms with van der Waals surface area (Å²) in [6, 6.07) is 9.55. The maximum atomic E-state index is 5.67. The van der Waals surface area contributed by atoms with E-state index in [9.17, 15) is 0 Å². The number of benzene rings is 1. The highest BCUT2D eigenvalue weighted by molar-refractivity contribution is 5.55. The molecule has 5 nitrogen and oxygen atoms in total. The maximum absolute atomic E-state index is 5.67. The van der Waals surface area contributed by atoms with Gasteiger partial charge in [-0.3, -0.25) is 0 Å². The van der Waals surface area contributed by atoms with E-state index in [1.54, 1.807) is 18.5 Å². The highest BCUT2D eigenvalue weighted by atomic mass is 16.5. The van der Waals surface area contributed by atoms with Crippen molar-refractivity contribution in [3.8, 4) is 5.75 Å². The van der Waals surface area contributed by atoms with Crippen molar-refractivity contribution >= 4 is 11.6 Å². The van der Waals surface area contributed by atoms with Crippen LogP contribution in [0.3, 0.4) is 0 Å². The fourth-order valence-electron chi connectivity index (χ4n) is 1.50. The molecule has 0 atom stereocenters. The third-order valence-corrected chi connectivity index (χ3v) is 2.46. The standard InChI is InChI=1S/C14H18N4O/c1-18(2)9-10-19-13-6-3-5-12(11-13)17-14-15-7-4-8-16-14/h3-8,11H,9-10H2,1-2H3,(H,15,16,17). The van der Waals surface area contributed by atoms with Crippen molar-refractivity contribution < 1.29 is 4.74 Å². The molecule has 2 rings (SSSR count). The van der Waals surface area contributed by atoms with Gasteiger partial charge in [-0.25, -0.2) is 9.97 Å². The zero-order valence-electron chi connectivity index (χ0n) is 11.2. The smallest absolute Gasteiger partial charge is 0.227 e. The second kappa shape index (κ2) is 6.70. The van der Waals surface area contributed by atoms with Gasteiger partial charge < -0.3 is 15.0 Å². The number of nitrogens with zero attached hydrogens (tertiary/aromatic N) is 3. The second-order valence-electron chi connectivity index (χ2n) is 4.38. The Morgan fingerprint density at radius 2 is 1.95 bits per heavy atom. The van der Waals surface area contributed by atoms with Gasteiger partial charge in [0.1, 0.15) is 12.4 Å². The molecule has 100 valence electrons. The van der Waals surface area contributed by atoms with E-state index >= 15 is 0 Å². The number of rotatable bonds is 6. The van der Waals surface area contributed by atoms with Crippen molar-refractivity contribution in [2.45, 2.75) is 0 Å². The first-order valence-corrected chi connectivity index (χ1v) is 6.16. The summed E-state index contributed by atoms with van der Waals surface area (Å²) in [6.45, 7) is 1.55. The Labute approximate surface area is 113 Å². The van der Waals surface area contributed by atoms with Crippen LogP contribution < -0.4 is 10.1 Å². The molecule has 1 heterocycles. The molecule has 1 aromatic heterocycles. The van der Waals surface area contributed by atoms with Gasteiger partial charge in [-0.1, -0.05) is 6.07 Å². The summed E-state index contributed by atoms with van der Waals surface area (Å²) in [4.78, 5) is 10.3. The summed E-state index contributed by atoms with van der Waals surface area (Å²) >= 11 is 0. The molecule has 1 aromatic carbocycles.